The summed E-state index contributed by atoms with van der Waals surface area (Å²) in [6, 6.07) is 6.07. The van der Waals surface area contributed by atoms with Crippen LogP contribution in [0.4, 0.5) is 5.88 Å². The van der Waals surface area contributed by atoms with Gasteiger partial charge in [-0.3, -0.25) is 0 Å². The molecule has 0 atom stereocenters. The van der Waals surface area contributed by atoms with Crippen molar-refractivity contribution in [2.45, 2.75) is 20.8 Å². The Labute approximate surface area is 134 Å². The van der Waals surface area contributed by atoms with Crippen molar-refractivity contribution < 1.29 is 4.42 Å². The van der Waals surface area contributed by atoms with E-state index in [0.29, 0.717) is 11.4 Å². The van der Waals surface area contributed by atoms with E-state index in [4.69, 9.17) is 9.68 Å². The van der Waals surface area contributed by atoms with Crippen LogP contribution in [0, 0.1) is 32.1 Å². The number of furan rings is 1. The van der Waals surface area contributed by atoms with Crippen molar-refractivity contribution in [3.05, 3.63) is 49.1 Å². The number of benzene rings is 1. The summed E-state index contributed by atoms with van der Waals surface area (Å²) in [5.41, 5.74) is 3.38. The maximum atomic E-state index is 9.14. The first-order valence-corrected chi connectivity index (χ1v) is 7.52. The van der Waals surface area contributed by atoms with Crippen LogP contribution in [0.3, 0.4) is 0 Å². The lowest BCUT2D eigenvalue weighted by molar-refractivity contribution is 0.542. The second-order valence-electron chi connectivity index (χ2n) is 4.44. The average Bonchev–Trinajstić information content (AvgIpc) is 2.68. The molecule has 20 heavy (non-hydrogen) atoms. The Morgan fingerprint density at radius 3 is 2.30 bits per heavy atom. The summed E-state index contributed by atoms with van der Waals surface area (Å²) in [6.45, 7) is 5.70. The van der Waals surface area contributed by atoms with Crippen LogP contribution in [-0.2, 0) is 0 Å². The normalized spacial score (nSPS) is 11.0. The second kappa shape index (κ2) is 5.94. The smallest absolute Gasteiger partial charge is 0.237 e. The number of hydrogen-bond donors (Lipinski definition) is 0. The number of halogens is 2. The summed E-state index contributed by atoms with van der Waals surface area (Å²) in [5.74, 6) is 1.08. The molecular weight excluding hydrogens is 384 g/mol. The fourth-order valence-corrected chi connectivity index (χ4v) is 2.93. The summed E-state index contributed by atoms with van der Waals surface area (Å²) in [6.07, 6.45) is 1.69. The molecule has 0 bridgehead atoms. The van der Waals surface area contributed by atoms with Gasteiger partial charge in [0, 0.05) is 20.7 Å². The molecule has 0 amide bonds. The molecule has 0 radical (unpaired) electrons. The van der Waals surface area contributed by atoms with E-state index in [1.165, 1.54) is 0 Å². The highest BCUT2D eigenvalue weighted by Crippen LogP contribution is 2.29. The van der Waals surface area contributed by atoms with Gasteiger partial charge in [0.2, 0.25) is 5.88 Å². The molecular formula is C15H12Br2N2O. The van der Waals surface area contributed by atoms with Gasteiger partial charge in [-0.15, -0.1) is 0 Å². The molecule has 0 unspecified atom stereocenters. The Morgan fingerprint density at radius 1 is 1.15 bits per heavy atom. The van der Waals surface area contributed by atoms with Crippen LogP contribution in [0.1, 0.15) is 28.0 Å². The van der Waals surface area contributed by atoms with E-state index in [1.54, 1.807) is 6.21 Å². The minimum absolute atomic E-state index is 0.357. The predicted octanol–water partition coefficient (Wildman–Crippen LogP) is 5.35. The van der Waals surface area contributed by atoms with Gasteiger partial charge in [-0.05, 0) is 44.0 Å². The van der Waals surface area contributed by atoms with Crippen molar-refractivity contribution in [2.75, 3.05) is 0 Å². The molecule has 102 valence electrons. The SMILES string of the molecule is Cc1oc(/N=C/c2cc(Br)c(C)c(Br)c2)c(C#N)c1C. The molecule has 5 heteroatoms. The zero-order valence-electron chi connectivity index (χ0n) is 11.3. The summed E-state index contributed by atoms with van der Waals surface area (Å²) in [4.78, 5) is 4.28. The van der Waals surface area contributed by atoms with Gasteiger partial charge in [0.15, 0.2) is 0 Å². The van der Waals surface area contributed by atoms with Crippen molar-refractivity contribution in [2.24, 2.45) is 4.99 Å². The van der Waals surface area contributed by atoms with Gasteiger partial charge in [0.25, 0.3) is 0 Å². The maximum absolute atomic E-state index is 9.14. The highest BCUT2D eigenvalue weighted by Gasteiger charge is 2.13. The van der Waals surface area contributed by atoms with Crippen LogP contribution in [0.25, 0.3) is 0 Å². The molecule has 1 aromatic heterocycles. The van der Waals surface area contributed by atoms with E-state index >= 15 is 0 Å². The van der Waals surface area contributed by atoms with E-state index in [1.807, 2.05) is 32.9 Å². The third-order valence-electron chi connectivity index (χ3n) is 3.11. The number of nitrogens with zero attached hydrogens (tertiary/aromatic N) is 2. The van der Waals surface area contributed by atoms with Crippen LogP contribution in [0.2, 0.25) is 0 Å². The van der Waals surface area contributed by atoms with Gasteiger partial charge in [-0.2, -0.15) is 5.26 Å². The topological polar surface area (TPSA) is 49.3 Å². The lowest BCUT2D eigenvalue weighted by Gasteiger charge is -2.02. The van der Waals surface area contributed by atoms with Gasteiger partial charge in [0.1, 0.15) is 17.4 Å². The minimum atomic E-state index is 0.357. The van der Waals surface area contributed by atoms with Gasteiger partial charge < -0.3 is 4.42 Å². The molecule has 0 fully saturated rings. The second-order valence-corrected chi connectivity index (χ2v) is 6.15. The van der Waals surface area contributed by atoms with Gasteiger partial charge in [-0.25, -0.2) is 4.99 Å². The maximum Gasteiger partial charge on any atom is 0.237 e. The lowest BCUT2D eigenvalue weighted by Crippen LogP contribution is -1.86. The van der Waals surface area contributed by atoms with Gasteiger partial charge in [0.05, 0.1) is 0 Å². The molecule has 0 saturated carbocycles. The zero-order chi connectivity index (χ0) is 14.9. The Hall–Kier alpha value is -1.38. The molecule has 2 aromatic rings. The fourth-order valence-electron chi connectivity index (χ4n) is 1.70. The van der Waals surface area contributed by atoms with E-state index in [9.17, 15) is 0 Å². The third-order valence-corrected chi connectivity index (χ3v) is 4.76. The number of aliphatic imine (C=N–C) groups is 1. The molecule has 0 aliphatic heterocycles. The van der Waals surface area contributed by atoms with Crippen molar-refractivity contribution in [3.8, 4) is 6.07 Å². The number of nitriles is 1. The van der Waals surface area contributed by atoms with E-state index in [-0.39, 0.29) is 0 Å². The Bertz CT molecular complexity index is 716. The summed E-state index contributed by atoms with van der Waals surface area (Å²) in [7, 11) is 0. The summed E-state index contributed by atoms with van der Waals surface area (Å²) < 4.78 is 7.50. The number of aryl methyl sites for hydroxylation is 1. The van der Waals surface area contributed by atoms with Crippen molar-refractivity contribution in [3.63, 3.8) is 0 Å². The standard InChI is InChI=1S/C15H12Br2N2O/c1-8-10(3)20-15(12(8)6-18)19-7-11-4-13(16)9(2)14(17)5-11/h4-5,7H,1-3H3/b19-7+. The zero-order valence-corrected chi connectivity index (χ0v) is 14.5. The first-order chi connectivity index (χ1) is 9.43. The van der Waals surface area contributed by atoms with Crippen molar-refractivity contribution in [1.82, 2.24) is 0 Å². The average molecular weight is 396 g/mol. The Balaban J connectivity index is 2.40. The van der Waals surface area contributed by atoms with E-state index in [0.717, 1.165) is 31.4 Å². The largest absolute Gasteiger partial charge is 0.442 e. The summed E-state index contributed by atoms with van der Waals surface area (Å²) in [5, 5.41) is 9.14. The minimum Gasteiger partial charge on any atom is -0.442 e. The monoisotopic (exact) mass is 394 g/mol. The third kappa shape index (κ3) is 2.87. The van der Waals surface area contributed by atoms with E-state index < -0.39 is 0 Å². The summed E-state index contributed by atoms with van der Waals surface area (Å²) >= 11 is 7.00. The number of rotatable bonds is 2. The first-order valence-electron chi connectivity index (χ1n) is 5.94. The molecule has 0 aliphatic rings. The van der Waals surface area contributed by atoms with Crippen LogP contribution >= 0.6 is 31.9 Å². The van der Waals surface area contributed by atoms with Crippen molar-refractivity contribution >= 4 is 44.0 Å². The van der Waals surface area contributed by atoms with Crippen molar-refractivity contribution in [1.29, 1.82) is 5.26 Å². The molecule has 0 spiro atoms. The first kappa shape index (κ1) is 15.0. The molecule has 1 aromatic carbocycles. The Morgan fingerprint density at radius 2 is 1.75 bits per heavy atom. The molecule has 0 saturated heterocycles. The van der Waals surface area contributed by atoms with Crippen LogP contribution in [0.5, 0.6) is 0 Å². The highest BCUT2D eigenvalue weighted by molar-refractivity contribution is 9.11. The lowest BCUT2D eigenvalue weighted by atomic mass is 10.1. The molecule has 0 aliphatic carbocycles. The fraction of sp³-hybridized carbons (Fsp3) is 0.200. The highest BCUT2D eigenvalue weighted by atomic mass is 79.9. The van der Waals surface area contributed by atoms with Gasteiger partial charge in [-0.1, -0.05) is 31.9 Å². The van der Waals surface area contributed by atoms with Gasteiger partial charge >= 0.3 is 0 Å². The molecule has 1 heterocycles. The van der Waals surface area contributed by atoms with Crippen LogP contribution < -0.4 is 0 Å². The Kier molecular flexibility index (Phi) is 4.46. The molecule has 0 N–H and O–H groups in total. The van der Waals surface area contributed by atoms with Crippen LogP contribution in [0.15, 0.2) is 30.5 Å². The molecule has 3 nitrogen and oxygen atoms in total. The van der Waals surface area contributed by atoms with Crippen LogP contribution in [-0.4, -0.2) is 6.21 Å². The predicted molar refractivity (Wildman–Crippen MR) is 86.7 cm³/mol. The van der Waals surface area contributed by atoms with E-state index in [2.05, 4.69) is 42.9 Å². The molecule has 2 rings (SSSR count). The number of hydrogen-bond acceptors (Lipinski definition) is 3. The quantitative estimate of drug-likeness (QED) is 0.643.